The van der Waals surface area contributed by atoms with Crippen LogP contribution in [-0.4, -0.2) is 48.4 Å². The minimum absolute atomic E-state index is 0.0375. The number of hydrogen-bond donors (Lipinski definition) is 0. The van der Waals surface area contributed by atoms with Gasteiger partial charge in [-0.3, -0.25) is 9.59 Å². The first kappa shape index (κ1) is 27.9. The van der Waals surface area contributed by atoms with Crippen molar-refractivity contribution in [2.75, 3.05) is 26.7 Å². The number of benzene rings is 3. The van der Waals surface area contributed by atoms with Gasteiger partial charge in [0.2, 0.25) is 11.8 Å². The molecule has 1 atom stereocenters. The highest BCUT2D eigenvalue weighted by Crippen LogP contribution is 2.45. The summed E-state index contributed by atoms with van der Waals surface area (Å²) >= 11 is 0. The van der Waals surface area contributed by atoms with Gasteiger partial charge in [-0.25, -0.2) is 4.39 Å². The lowest BCUT2D eigenvalue weighted by Crippen LogP contribution is -2.55. The average molecular weight is 543 g/mol. The number of amides is 2. The standard InChI is InChI=1S/C34H39FN2O3/c1-36(24-27-12-4-2-5-13-27)31(38)23-33(26-40-30-16-6-3-7-17-30)18-11-21-37(25-33)32(39)34(19-8-9-20-34)28-14-10-15-29(35)22-28/h2-7,10,12-17,22H,8-9,11,18-21,23-26H2,1H3. The molecule has 5 rings (SSSR count). The molecule has 2 fully saturated rings. The molecule has 1 saturated carbocycles. The van der Waals surface area contributed by atoms with Gasteiger partial charge in [0.05, 0.1) is 12.0 Å². The summed E-state index contributed by atoms with van der Waals surface area (Å²) < 4.78 is 20.5. The maximum Gasteiger partial charge on any atom is 0.233 e. The minimum Gasteiger partial charge on any atom is -0.493 e. The van der Waals surface area contributed by atoms with Crippen LogP contribution in [0.1, 0.15) is 56.1 Å². The van der Waals surface area contributed by atoms with E-state index in [0.717, 1.165) is 55.4 Å². The first-order chi connectivity index (χ1) is 19.4. The number of carbonyl (C=O) groups excluding carboxylic acids is 2. The molecule has 210 valence electrons. The van der Waals surface area contributed by atoms with Crippen LogP contribution in [0.5, 0.6) is 5.75 Å². The number of carbonyl (C=O) groups is 2. The summed E-state index contributed by atoms with van der Waals surface area (Å²) in [4.78, 5) is 31.6. The first-order valence-corrected chi connectivity index (χ1v) is 14.4. The summed E-state index contributed by atoms with van der Waals surface area (Å²) in [6.07, 6.45) is 5.21. The quantitative estimate of drug-likeness (QED) is 0.316. The fourth-order valence-corrected chi connectivity index (χ4v) is 6.54. The van der Waals surface area contributed by atoms with Crippen molar-refractivity contribution < 1.29 is 18.7 Å². The Bertz CT molecular complexity index is 1290. The fraction of sp³-hybridized carbons (Fsp3) is 0.412. The molecule has 2 amide bonds. The number of halogens is 1. The van der Waals surface area contributed by atoms with E-state index in [4.69, 9.17) is 4.74 Å². The zero-order valence-corrected chi connectivity index (χ0v) is 23.4. The maximum absolute atomic E-state index is 14.3. The van der Waals surface area contributed by atoms with Gasteiger partial charge in [0.1, 0.15) is 11.6 Å². The van der Waals surface area contributed by atoms with Crippen LogP contribution in [0.4, 0.5) is 4.39 Å². The third-order valence-corrected chi connectivity index (χ3v) is 8.70. The predicted octanol–water partition coefficient (Wildman–Crippen LogP) is 6.37. The molecule has 5 nitrogen and oxygen atoms in total. The van der Waals surface area contributed by atoms with Crippen LogP contribution in [0.15, 0.2) is 84.9 Å². The Hall–Kier alpha value is -3.67. The molecule has 6 heteroatoms. The zero-order valence-electron chi connectivity index (χ0n) is 23.4. The molecule has 0 spiro atoms. The topological polar surface area (TPSA) is 49.9 Å². The Balaban J connectivity index is 1.38. The molecule has 1 heterocycles. The lowest BCUT2D eigenvalue weighted by molar-refractivity contribution is -0.145. The number of para-hydroxylation sites is 1. The number of nitrogens with zero attached hydrogens (tertiary/aromatic N) is 2. The van der Waals surface area contributed by atoms with E-state index in [1.165, 1.54) is 12.1 Å². The monoisotopic (exact) mass is 542 g/mol. The molecule has 40 heavy (non-hydrogen) atoms. The fourth-order valence-electron chi connectivity index (χ4n) is 6.54. The second-order valence-corrected chi connectivity index (χ2v) is 11.6. The second kappa shape index (κ2) is 12.2. The van der Waals surface area contributed by atoms with Crippen LogP contribution in [-0.2, 0) is 21.5 Å². The van der Waals surface area contributed by atoms with E-state index in [1.54, 1.807) is 11.0 Å². The van der Waals surface area contributed by atoms with Gasteiger partial charge in [0, 0.05) is 38.5 Å². The molecule has 3 aromatic carbocycles. The van der Waals surface area contributed by atoms with E-state index in [2.05, 4.69) is 0 Å². The van der Waals surface area contributed by atoms with E-state index in [-0.39, 0.29) is 17.6 Å². The SMILES string of the molecule is CN(Cc1ccccc1)C(=O)CC1(COc2ccccc2)CCCN(C(=O)C2(c3cccc(F)c3)CCCC2)C1. The zero-order chi connectivity index (χ0) is 28.0. The summed E-state index contributed by atoms with van der Waals surface area (Å²) in [5.74, 6) is 0.537. The van der Waals surface area contributed by atoms with Crippen molar-refractivity contribution in [1.29, 1.82) is 0 Å². The lowest BCUT2D eigenvalue weighted by atomic mass is 9.74. The van der Waals surface area contributed by atoms with Crippen LogP contribution in [0.2, 0.25) is 0 Å². The Kier molecular flexibility index (Phi) is 8.53. The number of rotatable bonds is 9. The van der Waals surface area contributed by atoms with Gasteiger partial charge in [-0.05, 0) is 61.1 Å². The molecule has 1 saturated heterocycles. The average Bonchev–Trinajstić information content (AvgIpc) is 3.48. The molecule has 0 N–H and O–H groups in total. The number of hydrogen-bond acceptors (Lipinski definition) is 3. The van der Waals surface area contributed by atoms with Gasteiger partial charge < -0.3 is 14.5 Å². The molecular weight excluding hydrogens is 503 g/mol. The van der Waals surface area contributed by atoms with Crippen LogP contribution in [0, 0.1) is 11.2 Å². The molecule has 1 unspecified atom stereocenters. The summed E-state index contributed by atoms with van der Waals surface area (Å²) in [5, 5.41) is 0. The van der Waals surface area contributed by atoms with E-state index < -0.39 is 10.8 Å². The number of piperidine rings is 1. The van der Waals surface area contributed by atoms with Crippen molar-refractivity contribution in [3.05, 3.63) is 102 Å². The Morgan fingerprint density at radius 2 is 1.60 bits per heavy atom. The molecule has 3 aromatic rings. The van der Waals surface area contributed by atoms with Crippen LogP contribution in [0.3, 0.4) is 0 Å². The van der Waals surface area contributed by atoms with Gasteiger partial charge in [0.25, 0.3) is 0 Å². The van der Waals surface area contributed by atoms with E-state index >= 15 is 0 Å². The van der Waals surface area contributed by atoms with Crippen molar-refractivity contribution >= 4 is 11.8 Å². The second-order valence-electron chi connectivity index (χ2n) is 11.6. The smallest absolute Gasteiger partial charge is 0.233 e. The maximum atomic E-state index is 14.3. The third kappa shape index (κ3) is 6.22. The lowest BCUT2D eigenvalue weighted by Gasteiger charge is -2.45. The van der Waals surface area contributed by atoms with Gasteiger partial charge in [-0.2, -0.15) is 0 Å². The molecule has 1 aliphatic carbocycles. The van der Waals surface area contributed by atoms with E-state index in [0.29, 0.717) is 32.7 Å². The highest BCUT2D eigenvalue weighted by atomic mass is 19.1. The predicted molar refractivity (Wildman–Crippen MR) is 154 cm³/mol. The highest BCUT2D eigenvalue weighted by Gasteiger charge is 2.48. The van der Waals surface area contributed by atoms with Gasteiger partial charge in [0.15, 0.2) is 0 Å². The number of likely N-dealkylation sites (tertiary alicyclic amines) is 1. The van der Waals surface area contributed by atoms with Crippen molar-refractivity contribution in [2.24, 2.45) is 5.41 Å². The molecule has 0 aromatic heterocycles. The molecule has 1 aliphatic heterocycles. The summed E-state index contributed by atoms with van der Waals surface area (Å²) in [7, 11) is 1.84. The summed E-state index contributed by atoms with van der Waals surface area (Å²) in [6, 6.07) is 26.2. The first-order valence-electron chi connectivity index (χ1n) is 14.4. The number of ether oxygens (including phenoxy) is 1. The van der Waals surface area contributed by atoms with Crippen LogP contribution >= 0.6 is 0 Å². The summed E-state index contributed by atoms with van der Waals surface area (Å²) in [5.41, 5.74) is 0.615. The van der Waals surface area contributed by atoms with Crippen LogP contribution in [0.25, 0.3) is 0 Å². The van der Waals surface area contributed by atoms with Crippen LogP contribution < -0.4 is 4.74 Å². The molecule has 0 bridgehead atoms. The molecule has 0 radical (unpaired) electrons. The minimum atomic E-state index is -0.709. The Labute approximate surface area is 236 Å². The van der Waals surface area contributed by atoms with E-state index in [1.807, 2.05) is 78.7 Å². The van der Waals surface area contributed by atoms with Crippen molar-refractivity contribution in [1.82, 2.24) is 9.80 Å². The molecule has 2 aliphatic rings. The largest absolute Gasteiger partial charge is 0.493 e. The normalized spacial score (nSPS) is 20.2. The van der Waals surface area contributed by atoms with Crippen molar-refractivity contribution in [2.45, 2.75) is 56.9 Å². The van der Waals surface area contributed by atoms with Gasteiger partial charge in [-0.1, -0.05) is 73.5 Å². The molecular formula is C34H39FN2O3. The van der Waals surface area contributed by atoms with Gasteiger partial charge in [-0.15, -0.1) is 0 Å². The van der Waals surface area contributed by atoms with Crippen molar-refractivity contribution in [3.63, 3.8) is 0 Å². The summed E-state index contributed by atoms with van der Waals surface area (Å²) in [6.45, 7) is 1.96. The van der Waals surface area contributed by atoms with Crippen molar-refractivity contribution in [3.8, 4) is 5.75 Å². The van der Waals surface area contributed by atoms with E-state index in [9.17, 15) is 14.0 Å². The Morgan fingerprint density at radius 3 is 2.30 bits per heavy atom. The third-order valence-electron chi connectivity index (χ3n) is 8.70. The Morgan fingerprint density at radius 1 is 0.900 bits per heavy atom. The highest BCUT2D eigenvalue weighted by molar-refractivity contribution is 5.89. The van der Waals surface area contributed by atoms with Gasteiger partial charge >= 0.3 is 0 Å².